The van der Waals surface area contributed by atoms with E-state index in [1.54, 1.807) is 47.4 Å². The van der Waals surface area contributed by atoms with E-state index in [9.17, 15) is 18.0 Å². The van der Waals surface area contributed by atoms with Gasteiger partial charge < -0.3 is 10.2 Å². The lowest BCUT2D eigenvalue weighted by Crippen LogP contribution is -2.52. The molecule has 3 aromatic carbocycles. The standard InChI is InChI=1S/C32H38ClN3O4S/c1-35(41(39,40)29-15-6-3-7-16-29)22-10-17-31(37)36(24-26-18-20-27(33)21-19-26)30(23-25-11-4-2-5-12-25)32(38)34-28-13-8-9-14-28/h2-7,11-12,15-16,18-21,28,30H,8-10,13-14,17,22-24H2,1H3,(H,34,38). The van der Waals surface area contributed by atoms with E-state index in [-0.39, 0.29) is 42.3 Å². The highest BCUT2D eigenvalue weighted by Crippen LogP contribution is 2.22. The van der Waals surface area contributed by atoms with Gasteiger partial charge in [-0.3, -0.25) is 9.59 Å². The van der Waals surface area contributed by atoms with Crippen molar-refractivity contribution in [3.63, 3.8) is 0 Å². The Hall–Kier alpha value is -3.20. The number of rotatable bonds is 13. The molecule has 218 valence electrons. The van der Waals surface area contributed by atoms with Gasteiger partial charge in [-0.2, -0.15) is 0 Å². The Labute approximate surface area is 248 Å². The van der Waals surface area contributed by atoms with Gasteiger partial charge in [-0.1, -0.05) is 85.1 Å². The molecule has 1 aliphatic carbocycles. The van der Waals surface area contributed by atoms with Gasteiger partial charge in [0.25, 0.3) is 0 Å². The lowest BCUT2D eigenvalue weighted by molar-refractivity contribution is -0.141. The van der Waals surface area contributed by atoms with Crippen molar-refractivity contribution in [2.45, 2.75) is 68.5 Å². The maximum absolute atomic E-state index is 13.8. The SMILES string of the molecule is CN(CCCC(=O)N(Cc1ccc(Cl)cc1)C(Cc1ccccc1)C(=O)NC1CCCC1)S(=O)(=O)c1ccccc1. The number of sulfonamides is 1. The first-order valence-electron chi connectivity index (χ1n) is 14.1. The first kappa shape index (κ1) is 30.8. The van der Waals surface area contributed by atoms with Crippen LogP contribution in [0.5, 0.6) is 0 Å². The number of nitrogens with zero attached hydrogens (tertiary/aromatic N) is 2. The Balaban J connectivity index is 1.53. The summed E-state index contributed by atoms with van der Waals surface area (Å²) in [5.74, 6) is -0.361. The monoisotopic (exact) mass is 595 g/mol. The van der Waals surface area contributed by atoms with Crippen LogP contribution in [0.15, 0.2) is 89.8 Å². The van der Waals surface area contributed by atoms with Crippen molar-refractivity contribution in [3.8, 4) is 0 Å². The molecular weight excluding hydrogens is 558 g/mol. The summed E-state index contributed by atoms with van der Waals surface area (Å²) in [6.07, 6.45) is 4.85. The first-order valence-corrected chi connectivity index (χ1v) is 16.0. The minimum Gasteiger partial charge on any atom is -0.352 e. The van der Waals surface area contributed by atoms with Gasteiger partial charge in [-0.05, 0) is 54.7 Å². The molecule has 0 heterocycles. The van der Waals surface area contributed by atoms with Crippen LogP contribution in [-0.2, 0) is 32.6 Å². The van der Waals surface area contributed by atoms with Crippen molar-refractivity contribution in [1.82, 2.24) is 14.5 Å². The molecule has 0 saturated heterocycles. The maximum atomic E-state index is 13.8. The molecule has 1 aliphatic rings. The molecule has 1 saturated carbocycles. The maximum Gasteiger partial charge on any atom is 0.243 e. The molecule has 2 amide bonds. The largest absolute Gasteiger partial charge is 0.352 e. The molecule has 1 atom stereocenters. The van der Waals surface area contributed by atoms with E-state index in [1.165, 1.54) is 11.4 Å². The van der Waals surface area contributed by atoms with Crippen molar-refractivity contribution in [2.24, 2.45) is 0 Å². The van der Waals surface area contributed by atoms with Gasteiger partial charge in [-0.15, -0.1) is 0 Å². The van der Waals surface area contributed by atoms with Crippen molar-refractivity contribution in [1.29, 1.82) is 0 Å². The third-order valence-corrected chi connectivity index (χ3v) is 9.68. The van der Waals surface area contributed by atoms with Crippen LogP contribution in [0.2, 0.25) is 5.02 Å². The highest BCUT2D eigenvalue weighted by molar-refractivity contribution is 7.89. The van der Waals surface area contributed by atoms with Gasteiger partial charge >= 0.3 is 0 Å². The van der Waals surface area contributed by atoms with Gasteiger partial charge in [-0.25, -0.2) is 12.7 Å². The Morgan fingerprint density at radius 2 is 1.51 bits per heavy atom. The predicted octanol–water partition coefficient (Wildman–Crippen LogP) is 5.44. The Morgan fingerprint density at radius 3 is 2.15 bits per heavy atom. The second kappa shape index (κ2) is 14.6. The molecule has 0 aliphatic heterocycles. The van der Waals surface area contributed by atoms with E-state index in [0.717, 1.165) is 36.8 Å². The summed E-state index contributed by atoms with van der Waals surface area (Å²) in [4.78, 5) is 29.4. The van der Waals surface area contributed by atoms with Gasteiger partial charge in [0.2, 0.25) is 21.8 Å². The van der Waals surface area contributed by atoms with Crippen LogP contribution in [0, 0.1) is 0 Å². The molecular formula is C32H38ClN3O4S. The van der Waals surface area contributed by atoms with Crippen LogP contribution in [0.3, 0.4) is 0 Å². The molecule has 1 unspecified atom stereocenters. The van der Waals surface area contributed by atoms with Gasteiger partial charge in [0.1, 0.15) is 6.04 Å². The number of benzene rings is 3. The van der Waals surface area contributed by atoms with Gasteiger partial charge in [0.05, 0.1) is 4.90 Å². The number of amides is 2. The van der Waals surface area contributed by atoms with E-state index in [1.807, 2.05) is 42.5 Å². The number of nitrogens with one attached hydrogen (secondary N) is 1. The van der Waals surface area contributed by atoms with E-state index in [2.05, 4.69) is 5.32 Å². The molecule has 3 aromatic rings. The lowest BCUT2D eigenvalue weighted by Gasteiger charge is -2.32. The fraction of sp³-hybridized carbons (Fsp3) is 0.375. The van der Waals surface area contributed by atoms with Crippen LogP contribution in [-0.4, -0.2) is 55.1 Å². The zero-order valence-corrected chi connectivity index (χ0v) is 25.0. The molecule has 0 bridgehead atoms. The molecule has 41 heavy (non-hydrogen) atoms. The molecule has 1 fully saturated rings. The third-order valence-electron chi connectivity index (χ3n) is 7.55. The first-order chi connectivity index (χ1) is 19.7. The summed E-state index contributed by atoms with van der Waals surface area (Å²) in [6, 6.07) is 24.6. The molecule has 0 aromatic heterocycles. The Kier molecular flexibility index (Phi) is 11.0. The second-order valence-electron chi connectivity index (χ2n) is 10.6. The normalized spacial score (nSPS) is 14.6. The number of carbonyl (C=O) groups is 2. The summed E-state index contributed by atoms with van der Waals surface area (Å²) >= 11 is 6.11. The van der Waals surface area contributed by atoms with Crippen LogP contribution >= 0.6 is 11.6 Å². The summed E-state index contributed by atoms with van der Waals surface area (Å²) in [7, 11) is -2.14. The third kappa shape index (κ3) is 8.64. The number of hydrogen-bond acceptors (Lipinski definition) is 4. The van der Waals surface area contributed by atoms with Crippen LogP contribution in [0.25, 0.3) is 0 Å². The molecule has 9 heteroatoms. The van der Waals surface area contributed by atoms with E-state index < -0.39 is 16.1 Å². The number of carbonyl (C=O) groups excluding carboxylic acids is 2. The molecule has 7 nitrogen and oxygen atoms in total. The van der Waals surface area contributed by atoms with Crippen molar-refractivity contribution >= 4 is 33.4 Å². The van der Waals surface area contributed by atoms with Crippen LogP contribution in [0.1, 0.15) is 49.7 Å². The van der Waals surface area contributed by atoms with E-state index >= 15 is 0 Å². The van der Waals surface area contributed by atoms with E-state index in [4.69, 9.17) is 11.6 Å². The molecule has 0 spiro atoms. The molecule has 0 radical (unpaired) electrons. The second-order valence-corrected chi connectivity index (χ2v) is 13.1. The van der Waals surface area contributed by atoms with Crippen molar-refractivity contribution in [2.75, 3.05) is 13.6 Å². The summed E-state index contributed by atoms with van der Waals surface area (Å²) < 4.78 is 27.2. The fourth-order valence-electron chi connectivity index (χ4n) is 5.20. The number of hydrogen-bond donors (Lipinski definition) is 1. The zero-order valence-electron chi connectivity index (χ0n) is 23.4. The Bertz CT molecular complexity index is 1380. The summed E-state index contributed by atoms with van der Waals surface area (Å²) in [5.41, 5.74) is 1.82. The topological polar surface area (TPSA) is 86.8 Å². The fourth-order valence-corrected chi connectivity index (χ4v) is 6.55. The summed E-state index contributed by atoms with van der Waals surface area (Å²) in [6.45, 7) is 0.416. The quantitative estimate of drug-likeness (QED) is 0.285. The molecule has 4 rings (SSSR count). The van der Waals surface area contributed by atoms with Crippen molar-refractivity contribution < 1.29 is 18.0 Å². The lowest BCUT2D eigenvalue weighted by atomic mass is 10.0. The van der Waals surface area contributed by atoms with Gasteiger partial charge in [0.15, 0.2) is 0 Å². The zero-order chi connectivity index (χ0) is 29.2. The number of halogens is 1. The van der Waals surface area contributed by atoms with E-state index in [0.29, 0.717) is 17.9 Å². The highest BCUT2D eigenvalue weighted by atomic mass is 35.5. The minimum absolute atomic E-state index is 0.101. The smallest absolute Gasteiger partial charge is 0.243 e. The minimum atomic E-state index is -3.66. The van der Waals surface area contributed by atoms with Gasteiger partial charge in [0, 0.05) is 44.0 Å². The average Bonchev–Trinajstić information content (AvgIpc) is 3.49. The summed E-state index contributed by atoms with van der Waals surface area (Å²) in [5, 5.41) is 3.79. The Morgan fingerprint density at radius 1 is 0.902 bits per heavy atom. The highest BCUT2D eigenvalue weighted by Gasteiger charge is 2.32. The van der Waals surface area contributed by atoms with Crippen LogP contribution < -0.4 is 5.32 Å². The average molecular weight is 596 g/mol. The van der Waals surface area contributed by atoms with Crippen LogP contribution in [0.4, 0.5) is 0 Å². The molecule has 1 N–H and O–H groups in total. The predicted molar refractivity (Wildman–Crippen MR) is 162 cm³/mol. The van der Waals surface area contributed by atoms with Crippen molar-refractivity contribution in [3.05, 3.63) is 101 Å².